The summed E-state index contributed by atoms with van der Waals surface area (Å²) in [5, 5.41) is 46.7. The molecule has 39 heavy (non-hydrogen) atoms. The van der Waals surface area contributed by atoms with Gasteiger partial charge in [-0.25, -0.2) is 0 Å². The van der Waals surface area contributed by atoms with Crippen LogP contribution in [0.3, 0.4) is 0 Å². The summed E-state index contributed by atoms with van der Waals surface area (Å²) in [4.78, 5) is 0. The first-order valence-corrected chi connectivity index (χ1v) is 12.6. The third kappa shape index (κ3) is 3.45. The maximum absolute atomic E-state index is 12.9. The van der Waals surface area contributed by atoms with Crippen LogP contribution in [0, 0.1) is 0 Å². The van der Waals surface area contributed by atoms with E-state index < -0.39 is 29.1 Å². The first-order valence-electron chi connectivity index (χ1n) is 12.6. The number of methoxy groups -OCH3 is 2. The van der Waals surface area contributed by atoms with E-state index in [-0.39, 0.29) is 17.2 Å². The molecule has 10 nitrogen and oxygen atoms in total. The molecule has 0 radical (unpaired) electrons. The van der Waals surface area contributed by atoms with Crippen LogP contribution < -0.4 is 19.5 Å². The van der Waals surface area contributed by atoms with Crippen molar-refractivity contribution in [3.63, 3.8) is 0 Å². The normalized spacial score (nSPS) is 27.1. The van der Waals surface area contributed by atoms with Gasteiger partial charge in [-0.05, 0) is 30.3 Å². The highest BCUT2D eigenvalue weighted by atomic mass is 16.5. The molecule has 5 atom stereocenters. The lowest BCUT2D eigenvalue weighted by molar-refractivity contribution is -0.151. The van der Waals surface area contributed by atoms with E-state index in [4.69, 9.17) is 18.6 Å². The van der Waals surface area contributed by atoms with Crippen LogP contribution in [0.1, 0.15) is 40.3 Å². The van der Waals surface area contributed by atoms with Gasteiger partial charge in [0, 0.05) is 18.1 Å². The molecule has 3 aromatic carbocycles. The van der Waals surface area contributed by atoms with Crippen LogP contribution in [0.25, 0.3) is 0 Å². The van der Waals surface area contributed by atoms with Gasteiger partial charge < -0.3 is 39.3 Å². The number of phenolic OH excluding ortho intramolecular Hbond substituents is 1. The third-order valence-corrected chi connectivity index (χ3v) is 7.83. The minimum atomic E-state index is -2.04. The van der Waals surface area contributed by atoms with Gasteiger partial charge in [0.1, 0.15) is 29.1 Å². The Hall–Kier alpha value is -4.12. The van der Waals surface area contributed by atoms with Crippen molar-refractivity contribution < 1.29 is 33.9 Å². The second-order valence-corrected chi connectivity index (χ2v) is 9.78. The molecule has 1 fully saturated rings. The quantitative estimate of drug-likeness (QED) is 0.281. The van der Waals surface area contributed by atoms with Crippen LogP contribution in [0.2, 0.25) is 0 Å². The fourth-order valence-electron chi connectivity index (χ4n) is 6.27. The number of aliphatic hydroxyl groups is 2. The molecule has 6 rings (SSSR count). The van der Waals surface area contributed by atoms with Gasteiger partial charge in [0.2, 0.25) is 11.8 Å². The lowest BCUT2D eigenvalue weighted by Gasteiger charge is -2.40. The van der Waals surface area contributed by atoms with E-state index in [0.717, 1.165) is 5.56 Å². The van der Waals surface area contributed by atoms with E-state index in [9.17, 15) is 15.3 Å². The van der Waals surface area contributed by atoms with Crippen LogP contribution >= 0.6 is 0 Å². The topological polar surface area (TPSA) is 139 Å². The van der Waals surface area contributed by atoms with Crippen LogP contribution in [0.15, 0.2) is 71.1 Å². The first-order chi connectivity index (χ1) is 18.9. The number of benzene rings is 3. The molecule has 2 aliphatic rings. The van der Waals surface area contributed by atoms with Gasteiger partial charge in [-0.1, -0.05) is 42.5 Å². The van der Waals surface area contributed by atoms with Crippen molar-refractivity contribution in [1.82, 2.24) is 15.5 Å². The number of aromatic hydroxyl groups is 1. The first kappa shape index (κ1) is 25.2. The summed E-state index contributed by atoms with van der Waals surface area (Å²) < 4.78 is 24.0. The monoisotopic (exact) mass is 531 g/mol. The maximum Gasteiger partial charge on any atom is 0.230 e. The highest BCUT2D eigenvalue weighted by Crippen LogP contribution is 2.71. The molecule has 0 saturated heterocycles. The Kier molecular flexibility index (Phi) is 5.98. The Morgan fingerprint density at radius 2 is 1.74 bits per heavy atom. The third-order valence-electron chi connectivity index (χ3n) is 7.83. The Morgan fingerprint density at radius 3 is 2.41 bits per heavy atom. The summed E-state index contributed by atoms with van der Waals surface area (Å²) in [5.74, 6) is 0.0398. The molecular weight excluding hydrogens is 502 g/mol. The number of nitrogens with zero attached hydrogens (tertiary/aromatic N) is 2. The number of ether oxygens (including phenoxy) is 3. The highest BCUT2D eigenvalue weighted by molar-refractivity contribution is 5.63. The molecule has 1 saturated carbocycles. The van der Waals surface area contributed by atoms with Gasteiger partial charge in [-0.2, -0.15) is 0 Å². The maximum atomic E-state index is 12.9. The smallest absolute Gasteiger partial charge is 0.230 e. The van der Waals surface area contributed by atoms with Gasteiger partial charge in [0.25, 0.3) is 0 Å². The number of aliphatic hydroxyl groups excluding tert-OH is 1. The Morgan fingerprint density at radius 1 is 1.00 bits per heavy atom. The summed E-state index contributed by atoms with van der Waals surface area (Å²) >= 11 is 0. The predicted molar refractivity (Wildman–Crippen MR) is 139 cm³/mol. The van der Waals surface area contributed by atoms with Gasteiger partial charge >= 0.3 is 0 Å². The molecule has 4 aromatic rings. The van der Waals surface area contributed by atoms with E-state index >= 15 is 0 Å². The summed E-state index contributed by atoms with van der Waals surface area (Å²) in [7, 11) is 4.77. The summed E-state index contributed by atoms with van der Waals surface area (Å²) in [6.07, 6.45) is -1.47. The molecule has 0 spiro atoms. The van der Waals surface area contributed by atoms with Crippen molar-refractivity contribution in [3.8, 4) is 23.0 Å². The zero-order valence-electron chi connectivity index (χ0n) is 21.7. The molecule has 4 N–H and O–H groups in total. The number of rotatable bonds is 7. The van der Waals surface area contributed by atoms with Crippen molar-refractivity contribution in [3.05, 3.63) is 95.2 Å². The summed E-state index contributed by atoms with van der Waals surface area (Å²) in [6, 6.07) is 19.2. The van der Waals surface area contributed by atoms with Crippen molar-refractivity contribution >= 4 is 0 Å². The number of hydrogen-bond acceptors (Lipinski definition) is 10. The Balaban J connectivity index is 1.69. The predicted octanol–water partition coefficient (Wildman–Crippen LogP) is 2.93. The minimum absolute atomic E-state index is 0.0495. The van der Waals surface area contributed by atoms with E-state index in [2.05, 4.69) is 15.5 Å². The zero-order chi connectivity index (χ0) is 27.4. The zero-order valence-corrected chi connectivity index (χ0v) is 21.7. The number of fused-ring (bicyclic) bond motifs is 3. The molecule has 5 unspecified atom stereocenters. The fraction of sp³-hybridized carbons (Fsp3) is 0.310. The van der Waals surface area contributed by atoms with Crippen molar-refractivity contribution in [2.75, 3.05) is 21.3 Å². The van der Waals surface area contributed by atoms with Crippen molar-refractivity contribution in [2.24, 2.45) is 0 Å². The molecular formula is C29H29N3O7. The number of hydrogen-bond donors (Lipinski definition) is 4. The molecule has 202 valence electrons. The van der Waals surface area contributed by atoms with Crippen molar-refractivity contribution in [2.45, 2.75) is 35.7 Å². The second kappa shape index (κ2) is 9.26. The molecule has 0 bridgehead atoms. The van der Waals surface area contributed by atoms with Crippen LogP contribution in [-0.4, -0.2) is 52.9 Å². The van der Waals surface area contributed by atoms with Gasteiger partial charge in [-0.15, -0.1) is 10.2 Å². The average Bonchev–Trinajstić information content (AvgIpc) is 3.57. The van der Waals surface area contributed by atoms with Crippen LogP contribution in [0.5, 0.6) is 23.0 Å². The Labute approximate surface area is 224 Å². The second-order valence-electron chi connectivity index (χ2n) is 9.78. The van der Waals surface area contributed by atoms with Crippen LogP contribution in [-0.2, 0) is 17.7 Å². The number of aromatic nitrogens is 2. The Bertz CT molecular complexity index is 1490. The molecule has 10 heteroatoms. The molecule has 1 aliphatic heterocycles. The lowest BCUT2D eigenvalue weighted by atomic mass is 9.70. The van der Waals surface area contributed by atoms with Crippen LogP contribution in [0.4, 0.5) is 0 Å². The fourth-order valence-corrected chi connectivity index (χ4v) is 6.27. The average molecular weight is 532 g/mol. The number of nitrogens with one attached hydrogen (secondary N) is 1. The standard InChI is InChI=1S/C29H29N3O7/c1-30-15-22-31-32-27(38-22)23-24(16-7-5-4-6-8-16)29(17-9-11-18(33)12-10-17)28(35,26(23)34)25-20(37-3)13-19(36-2)14-21(25)39-29/h4-14,23-24,26,30,33-35H,15H2,1-3H3. The molecule has 1 aliphatic carbocycles. The summed E-state index contributed by atoms with van der Waals surface area (Å²) in [5.41, 5.74) is -2.04. The molecule has 2 heterocycles. The van der Waals surface area contributed by atoms with Gasteiger partial charge in [0.15, 0.2) is 11.2 Å². The van der Waals surface area contributed by atoms with Gasteiger partial charge in [0.05, 0.1) is 32.2 Å². The lowest BCUT2D eigenvalue weighted by Crippen LogP contribution is -2.52. The van der Waals surface area contributed by atoms with Crippen molar-refractivity contribution in [1.29, 1.82) is 0 Å². The van der Waals surface area contributed by atoms with E-state index in [1.54, 1.807) is 31.3 Å². The molecule has 0 amide bonds. The molecule has 1 aromatic heterocycles. The minimum Gasteiger partial charge on any atom is -0.508 e. The van der Waals surface area contributed by atoms with Gasteiger partial charge in [-0.3, -0.25) is 0 Å². The highest BCUT2D eigenvalue weighted by Gasteiger charge is 2.78. The van der Waals surface area contributed by atoms with E-state index in [1.807, 2.05) is 30.3 Å². The van der Waals surface area contributed by atoms with E-state index in [0.29, 0.717) is 35.2 Å². The largest absolute Gasteiger partial charge is 0.508 e. The number of phenols is 1. The SMILES string of the molecule is CNCc1nnc(C2C(O)C3(O)c4c(OC)cc(OC)cc4OC3(c3ccc(O)cc3)C2c2ccccc2)o1. The van der Waals surface area contributed by atoms with E-state index in [1.165, 1.54) is 26.4 Å². The summed E-state index contributed by atoms with van der Waals surface area (Å²) in [6.45, 7) is 0.339.